The van der Waals surface area contributed by atoms with Crippen LogP contribution < -0.4 is 0 Å². The van der Waals surface area contributed by atoms with Crippen LogP contribution >= 0.6 is 11.8 Å². The van der Waals surface area contributed by atoms with Crippen LogP contribution in [0.5, 0.6) is 0 Å². The van der Waals surface area contributed by atoms with E-state index in [2.05, 4.69) is 4.98 Å². The summed E-state index contributed by atoms with van der Waals surface area (Å²) in [4.78, 5) is 30.3. The molecule has 1 fully saturated rings. The van der Waals surface area contributed by atoms with Crippen molar-refractivity contribution in [3.63, 3.8) is 0 Å². The van der Waals surface area contributed by atoms with Crippen molar-refractivity contribution in [3.8, 4) is 0 Å². The Balaban J connectivity index is 1.85. The molecule has 20 heavy (non-hydrogen) atoms. The first kappa shape index (κ1) is 14.8. The maximum atomic E-state index is 12.2. The van der Waals surface area contributed by atoms with E-state index in [0.717, 1.165) is 17.7 Å². The molecule has 5 nitrogen and oxygen atoms in total. The fraction of sp³-hybridized carbons (Fsp3) is 0.500. The van der Waals surface area contributed by atoms with Crippen molar-refractivity contribution in [1.82, 2.24) is 9.88 Å². The van der Waals surface area contributed by atoms with Gasteiger partial charge in [0.1, 0.15) is 6.54 Å². The largest absolute Gasteiger partial charge is 0.465 e. The van der Waals surface area contributed by atoms with E-state index in [1.165, 1.54) is 11.8 Å². The van der Waals surface area contributed by atoms with E-state index in [1.807, 2.05) is 12.1 Å². The molecule has 0 unspecified atom stereocenters. The molecule has 1 heterocycles. The normalized spacial score (nSPS) is 13.8. The smallest absolute Gasteiger partial charge is 0.325 e. The minimum atomic E-state index is -0.332. The van der Waals surface area contributed by atoms with E-state index >= 15 is 0 Å². The number of ether oxygens (including phenoxy) is 1. The third-order valence-corrected chi connectivity index (χ3v) is 3.92. The highest BCUT2D eigenvalue weighted by atomic mass is 32.2. The molecule has 1 aliphatic rings. The molecule has 1 amide bonds. The summed E-state index contributed by atoms with van der Waals surface area (Å²) in [6.45, 7) is 2.17. The number of esters is 1. The van der Waals surface area contributed by atoms with Crippen molar-refractivity contribution < 1.29 is 14.3 Å². The second-order valence-electron chi connectivity index (χ2n) is 4.53. The van der Waals surface area contributed by atoms with Crippen molar-refractivity contribution >= 4 is 23.6 Å². The molecule has 2 rings (SSSR count). The van der Waals surface area contributed by atoms with E-state index in [1.54, 1.807) is 24.2 Å². The van der Waals surface area contributed by atoms with E-state index in [-0.39, 0.29) is 24.5 Å². The molecule has 6 heteroatoms. The first-order valence-corrected chi connectivity index (χ1v) is 7.67. The molecule has 0 bridgehead atoms. The quantitative estimate of drug-likeness (QED) is 0.566. The molecule has 0 aliphatic heterocycles. The molecule has 1 aromatic rings. The summed E-state index contributed by atoms with van der Waals surface area (Å²) in [5.74, 6) is -0.0102. The van der Waals surface area contributed by atoms with Crippen LogP contribution in [0.25, 0.3) is 0 Å². The number of rotatable bonds is 7. The zero-order valence-electron chi connectivity index (χ0n) is 11.4. The number of hydrogen-bond acceptors (Lipinski definition) is 5. The van der Waals surface area contributed by atoms with Crippen LogP contribution in [0.3, 0.4) is 0 Å². The maximum absolute atomic E-state index is 12.2. The van der Waals surface area contributed by atoms with Crippen molar-refractivity contribution in [1.29, 1.82) is 0 Å². The summed E-state index contributed by atoms with van der Waals surface area (Å²) >= 11 is 1.46. The maximum Gasteiger partial charge on any atom is 0.325 e. The highest BCUT2D eigenvalue weighted by Gasteiger charge is 2.33. The van der Waals surface area contributed by atoms with Gasteiger partial charge in [-0.05, 0) is 31.9 Å². The Bertz CT molecular complexity index is 463. The monoisotopic (exact) mass is 294 g/mol. The second kappa shape index (κ2) is 7.28. The summed E-state index contributed by atoms with van der Waals surface area (Å²) in [5, 5.41) is 0. The number of thioether (sulfide) groups is 1. The lowest BCUT2D eigenvalue weighted by Gasteiger charge is -2.21. The SMILES string of the molecule is CCOC(=O)CN(C(=O)CSc1ccncc1)C1CC1. The number of pyridine rings is 1. The lowest BCUT2D eigenvalue weighted by Crippen LogP contribution is -2.39. The van der Waals surface area contributed by atoms with E-state index in [4.69, 9.17) is 4.74 Å². The molecule has 1 aromatic heterocycles. The average molecular weight is 294 g/mol. The predicted molar refractivity (Wildman–Crippen MR) is 76.3 cm³/mol. The Morgan fingerprint density at radius 3 is 2.70 bits per heavy atom. The number of nitrogens with zero attached hydrogens (tertiary/aromatic N) is 2. The molecule has 0 atom stereocenters. The van der Waals surface area contributed by atoms with E-state index in [0.29, 0.717) is 12.4 Å². The predicted octanol–water partition coefficient (Wildman–Crippen LogP) is 1.73. The molecule has 1 saturated carbocycles. The Kier molecular flexibility index (Phi) is 5.40. The van der Waals surface area contributed by atoms with Gasteiger partial charge in [-0.15, -0.1) is 11.8 Å². The topological polar surface area (TPSA) is 59.5 Å². The van der Waals surface area contributed by atoms with Crippen molar-refractivity contribution in [2.24, 2.45) is 0 Å². The third kappa shape index (κ3) is 4.52. The van der Waals surface area contributed by atoms with Gasteiger partial charge in [-0.25, -0.2) is 0 Å². The van der Waals surface area contributed by atoms with Crippen LogP contribution in [0, 0.1) is 0 Å². The van der Waals surface area contributed by atoms with Gasteiger partial charge in [0.15, 0.2) is 0 Å². The molecular formula is C14H18N2O3S. The van der Waals surface area contributed by atoms with Gasteiger partial charge >= 0.3 is 5.97 Å². The summed E-state index contributed by atoms with van der Waals surface area (Å²) in [6.07, 6.45) is 5.35. The van der Waals surface area contributed by atoms with Crippen molar-refractivity contribution in [2.45, 2.75) is 30.7 Å². The summed E-state index contributed by atoms with van der Waals surface area (Å²) in [6, 6.07) is 3.94. The second-order valence-corrected chi connectivity index (χ2v) is 5.58. The van der Waals surface area contributed by atoms with Crippen molar-refractivity contribution in [2.75, 3.05) is 18.9 Å². The first-order chi connectivity index (χ1) is 9.70. The Labute approximate surface area is 122 Å². The van der Waals surface area contributed by atoms with Crippen LogP contribution in [0.1, 0.15) is 19.8 Å². The molecule has 108 valence electrons. The van der Waals surface area contributed by atoms with Crippen LogP contribution in [-0.2, 0) is 14.3 Å². The standard InChI is InChI=1S/C14H18N2O3S/c1-2-19-14(18)9-16(11-3-4-11)13(17)10-20-12-5-7-15-8-6-12/h5-8,11H,2-4,9-10H2,1H3. The zero-order chi connectivity index (χ0) is 14.4. The first-order valence-electron chi connectivity index (χ1n) is 6.68. The summed E-state index contributed by atoms with van der Waals surface area (Å²) in [5.41, 5.74) is 0. The van der Waals surface area contributed by atoms with Crippen molar-refractivity contribution in [3.05, 3.63) is 24.5 Å². The van der Waals surface area contributed by atoms with Crippen LogP contribution in [0.2, 0.25) is 0 Å². The Hall–Kier alpha value is -1.56. The average Bonchev–Trinajstić information content (AvgIpc) is 3.28. The van der Waals surface area contributed by atoms with Gasteiger partial charge in [0.05, 0.1) is 12.4 Å². The summed E-state index contributed by atoms with van der Waals surface area (Å²) < 4.78 is 4.92. The summed E-state index contributed by atoms with van der Waals surface area (Å²) in [7, 11) is 0. The minimum absolute atomic E-state index is 0.0117. The van der Waals surface area contributed by atoms with Gasteiger partial charge in [0, 0.05) is 23.3 Å². The van der Waals surface area contributed by atoms with Gasteiger partial charge in [-0.2, -0.15) is 0 Å². The van der Waals surface area contributed by atoms with Crippen LogP contribution in [0.4, 0.5) is 0 Å². The van der Waals surface area contributed by atoms with Gasteiger partial charge in [0.2, 0.25) is 5.91 Å². The highest BCUT2D eigenvalue weighted by molar-refractivity contribution is 8.00. The van der Waals surface area contributed by atoms with Crippen LogP contribution in [0.15, 0.2) is 29.4 Å². The number of carbonyl (C=O) groups is 2. The van der Waals surface area contributed by atoms with Gasteiger partial charge in [0.25, 0.3) is 0 Å². The van der Waals surface area contributed by atoms with Gasteiger partial charge in [-0.3, -0.25) is 14.6 Å². The lowest BCUT2D eigenvalue weighted by atomic mass is 10.4. The molecule has 0 saturated heterocycles. The number of hydrogen-bond donors (Lipinski definition) is 0. The Morgan fingerprint density at radius 2 is 2.10 bits per heavy atom. The minimum Gasteiger partial charge on any atom is -0.465 e. The molecule has 0 spiro atoms. The van der Waals surface area contributed by atoms with E-state index in [9.17, 15) is 9.59 Å². The number of amides is 1. The molecule has 1 aliphatic carbocycles. The van der Waals surface area contributed by atoms with Gasteiger partial charge in [-0.1, -0.05) is 0 Å². The molecule has 0 radical (unpaired) electrons. The highest BCUT2D eigenvalue weighted by Crippen LogP contribution is 2.28. The number of carbonyl (C=O) groups excluding carboxylic acids is 2. The van der Waals surface area contributed by atoms with E-state index < -0.39 is 0 Å². The number of aromatic nitrogens is 1. The fourth-order valence-electron chi connectivity index (χ4n) is 1.82. The van der Waals surface area contributed by atoms with Crippen LogP contribution in [-0.4, -0.2) is 46.7 Å². The fourth-order valence-corrected chi connectivity index (χ4v) is 2.59. The third-order valence-electron chi connectivity index (χ3n) is 2.92. The lowest BCUT2D eigenvalue weighted by molar-refractivity contribution is -0.148. The molecular weight excluding hydrogens is 276 g/mol. The van der Waals surface area contributed by atoms with Gasteiger partial charge < -0.3 is 9.64 Å². The molecule has 0 N–H and O–H groups in total. The zero-order valence-corrected chi connectivity index (χ0v) is 12.3. The Morgan fingerprint density at radius 1 is 1.40 bits per heavy atom. The molecule has 0 aromatic carbocycles.